The van der Waals surface area contributed by atoms with Crippen molar-refractivity contribution in [1.29, 1.82) is 5.26 Å². The van der Waals surface area contributed by atoms with Gasteiger partial charge in [-0.25, -0.2) is 4.98 Å². The molecule has 2 aromatic carbocycles. The molecule has 0 unspecified atom stereocenters. The molecule has 0 bridgehead atoms. The molecule has 0 fully saturated rings. The quantitative estimate of drug-likeness (QED) is 0.548. The lowest BCUT2D eigenvalue weighted by Crippen LogP contribution is -2.15. The first-order chi connectivity index (χ1) is 14.1. The summed E-state index contributed by atoms with van der Waals surface area (Å²) in [6, 6.07) is 16.8. The number of nitrogens with one attached hydrogen (secondary N) is 1. The summed E-state index contributed by atoms with van der Waals surface area (Å²) in [6.07, 6.45) is 0. The standard InChI is InChI=1S/C22H21N3O3S/c1-3-27-17-9-10-18-15(12-17)11-16(13-23)22(25-18)29-14-21(26)24-19-7-5-6-8-20(19)28-4-2/h5-12H,3-4,14H2,1-2H3,(H,24,26). The van der Waals surface area contributed by atoms with Crippen LogP contribution in [-0.2, 0) is 4.79 Å². The van der Waals surface area contributed by atoms with Crippen molar-refractivity contribution in [3.63, 3.8) is 0 Å². The fourth-order valence-corrected chi connectivity index (χ4v) is 3.52. The zero-order valence-corrected chi connectivity index (χ0v) is 17.1. The van der Waals surface area contributed by atoms with Crippen LogP contribution in [0.15, 0.2) is 53.6 Å². The summed E-state index contributed by atoms with van der Waals surface area (Å²) in [7, 11) is 0. The van der Waals surface area contributed by atoms with Crippen LogP contribution in [0.5, 0.6) is 11.5 Å². The SMILES string of the molecule is CCOc1ccc2nc(SCC(=O)Nc3ccccc3OCC)c(C#N)cc2c1. The number of nitrogens with zero attached hydrogens (tertiary/aromatic N) is 2. The number of pyridine rings is 1. The number of aromatic nitrogens is 1. The lowest BCUT2D eigenvalue weighted by atomic mass is 10.1. The van der Waals surface area contributed by atoms with E-state index >= 15 is 0 Å². The second kappa shape index (κ2) is 9.80. The Labute approximate surface area is 173 Å². The number of carbonyl (C=O) groups is 1. The molecule has 29 heavy (non-hydrogen) atoms. The second-order valence-corrected chi connectivity index (χ2v) is 6.97. The van der Waals surface area contributed by atoms with Crippen LogP contribution >= 0.6 is 11.8 Å². The Balaban J connectivity index is 1.73. The van der Waals surface area contributed by atoms with Gasteiger partial charge in [0.1, 0.15) is 22.6 Å². The average Bonchev–Trinajstić information content (AvgIpc) is 2.73. The van der Waals surface area contributed by atoms with E-state index in [2.05, 4.69) is 16.4 Å². The number of hydrogen-bond acceptors (Lipinski definition) is 6. The van der Waals surface area contributed by atoms with Gasteiger partial charge in [-0.1, -0.05) is 23.9 Å². The van der Waals surface area contributed by atoms with Crippen LogP contribution in [0.25, 0.3) is 10.9 Å². The molecular weight excluding hydrogens is 386 g/mol. The van der Waals surface area contributed by atoms with Gasteiger partial charge in [0.05, 0.1) is 35.7 Å². The predicted molar refractivity (Wildman–Crippen MR) is 115 cm³/mol. The highest BCUT2D eigenvalue weighted by atomic mass is 32.2. The topological polar surface area (TPSA) is 84.2 Å². The highest BCUT2D eigenvalue weighted by Gasteiger charge is 2.12. The number of amides is 1. The summed E-state index contributed by atoms with van der Waals surface area (Å²) in [4.78, 5) is 17.0. The van der Waals surface area contributed by atoms with Crippen molar-refractivity contribution in [2.45, 2.75) is 18.9 Å². The zero-order chi connectivity index (χ0) is 20.6. The van der Waals surface area contributed by atoms with Crippen LogP contribution in [0.3, 0.4) is 0 Å². The lowest BCUT2D eigenvalue weighted by Gasteiger charge is -2.11. The van der Waals surface area contributed by atoms with E-state index in [1.165, 1.54) is 11.8 Å². The van der Waals surface area contributed by atoms with E-state index in [1.54, 1.807) is 18.2 Å². The number of benzene rings is 2. The number of nitriles is 1. The Bertz CT molecular complexity index is 1060. The van der Waals surface area contributed by atoms with Gasteiger partial charge in [0.15, 0.2) is 0 Å². The number of thioether (sulfide) groups is 1. The third-order valence-electron chi connectivity index (χ3n) is 3.98. The highest BCUT2D eigenvalue weighted by molar-refractivity contribution is 8.00. The van der Waals surface area contributed by atoms with Crippen LogP contribution in [0.1, 0.15) is 19.4 Å². The summed E-state index contributed by atoms with van der Waals surface area (Å²) >= 11 is 1.23. The summed E-state index contributed by atoms with van der Waals surface area (Å²) in [6.45, 7) is 4.89. The van der Waals surface area contributed by atoms with Crippen molar-refractivity contribution in [1.82, 2.24) is 4.98 Å². The molecule has 0 aliphatic rings. The molecule has 7 heteroatoms. The molecule has 0 atom stereocenters. The Hall–Kier alpha value is -3.24. The summed E-state index contributed by atoms with van der Waals surface area (Å²) in [5, 5.41) is 13.7. The van der Waals surface area contributed by atoms with Crippen molar-refractivity contribution in [3.8, 4) is 17.6 Å². The number of anilines is 1. The molecule has 0 saturated heterocycles. The van der Waals surface area contributed by atoms with E-state index in [9.17, 15) is 10.1 Å². The van der Waals surface area contributed by atoms with Gasteiger partial charge in [-0.2, -0.15) is 5.26 Å². The first-order valence-electron chi connectivity index (χ1n) is 9.26. The van der Waals surface area contributed by atoms with Gasteiger partial charge in [0.25, 0.3) is 0 Å². The number of ether oxygens (including phenoxy) is 2. The molecule has 0 aliphatic heterocycles. The van der Waals surface area contributed by atoms with Gasteiger partial charge in [0, 0.05) is 5.39 Å². The predicted octanol–water partition coefficient (Wildman–Crippen LogP) is 4.63. The van der Waals surface area contributed by atoms with Crippen LogP contribution in [0, 0.1) is 11.3 Å². The zero-order valence-electron chi connectivity index (χ0n) is 16.3. The van der Waals surface area contributed by atoms with Crippen LogP contribution < -0.4 is 14.8 Å². The first-order valence-corrected chi connectivity index (χ1v) is 10.2. The van der Waals surface area contributed by atoms with Gasteiger partial charge in [0.2, 0.25) is 5.91 Å². The normalized spacial score (nSPS) is 10.4. The maximum absolute atomic E-state index is 12.4. The van der Waals surface area contributed by atoms with Gasteiger partial charge in [-0.15, -0.1) is 0 Å². The lowest BCUT2D eigenvalue weighted by molar-refractivity contribution is -0.113. The fraction of sp³-hybridized carbons (Fsp3) is 0.227. The van der Waals surface area contributed by atoms with Crippen LogP contribution in [0.4, 0.5) is 5.69 Å². The minimum absolute atomic E-state index is 0.130. The molecule has 3 aromatic rings. The molecule has 1 N–H and O–H groups in total. The van der Waals surface area contributed by atoms with E-state index in [4.69, 9.17) is 9.47 Å². The van der Waals surface area contributed by atoms with E-state index in [-0.39, 0.29) is 11.7 Å². The Kier molecular flexibility index (Phi) is 6.93. The van der Waals surface area contributed by atoms with Gasteiger partial charge in [-0.05, 0) is 50.2 Å². The van der Waals surface area contributed by atoms with E-state index in [0.717, 1.165) is 16.7 Å². The number of carbonyl (C=O) groups excluding carboxylic acids is 1. The summed E-state index contributed by atoms with van der Waals surface area (Å²) in [5.41, 5.74) is 1.80. The molecule has 1 heterocycles. The number of fused-ring (bicyclic) bond motifs is 1. The minimum Gasteiger partial charge on any atom is -0.494 e. The van der Waals surface area contributed by atoms with E-state index < -0.39 is 0 Å². The fourth-order valence-electron chi connectivity index (χ4n) is 2.75. The molecule has 148 valence electrons. The average molecular weight is 407 g/mol. The van der Waals surface area contributed by atoms with Gasteiger partial charge in [-0.3, -0.25) is 4.79 Å². The van der Waals surface area contributed by atoms with Crippen LogP contribution in [-0.4, -0.2) is 29.9 Å². The van der Waals surface area contributed by atoms with E-state index in [0.29, 0.717) is 35.2 Å². The van der Waals surface area contributed by atoms with Gasteiger partial charge < -0.3 is 14.8 Å². The van der Waals surface area contributed by atoms with Crippen molar-refractivity contribution < 1.29 is 14.3 Å². The largest absolute Gasteiger partial charge is 0.494 e. The Morgan fingerprint density at radius 3 is 2.69 bits per heavy atom. The Morgan fingerprint density at radius 2 is 1.93 bits per heavy atom. The third-order valence-corrected chi connectivity index (χ3v) is 4.97. The smallest absolute Gasteiger partial charge is 0.234 e. The molecule has 0 spiro atoms. The molecule has 6 nitrogen and oxygen atoms in total. The molecular formula is C22H21N3O3S. The summed E-state index contributed by atoms with van der Waals surface area (Å²) in [5.74, 6) is 1.29. The van der Waals surface area contributed by atoms with Crippen molar-refractivity contribution in [2.24, 2.45) is 0 Å². The first kappa shape index (κ1) is 20.5. The Morgan fingerprint density at radius 1 is 1.14 bits per heavy atom. The molecule has 0 aliphatic carbocycles. The number of hydrogen-bond donors (Lipinski definition) is 1. The van der Waals surface area contributed by atoms with Gasteiger partial charge >= 0.3 is 0 Å². The van der Waals surface area contributed by atoms with Crippen molar-refractivity contribution >= 4 is 34.3 Å². The summed E-state index contributed by atoms with van der Waals surface area (Å²) < 4.78 is 11.0. The third kappa shape index (κ3) is 5.18. The van der Waals surface area contributed by atoms with Crippen molar-refractivity contribution in [2.75, 3.05) is 24.3 Å². The molecule has 1 aromatic heterocycles. The molecule has 0 radical (unpaired) electrons. The molecule has 3 rings (SSSR count). The maximum atomic E-state index is 12.4. The van der Waals surface area contributed by atoms with Crippen LogP contribution in [0.2, 0.25) is 0 Å². The molecule has 1 amide bonds. The highest BCUT2D eigenvalue weighted by Crippen LogP contribution is 2.28. The van der Waals surface area contributed by atoms with E-state index in [1.807, 2.05) is 44.2 Å². The number of para-hydroxylation sites is 2. The minimum atomic E-state index is -0.195. The maximum Gasteiger partial charge on any atom is 0.234 e. The number of rotatable bonds is 8. The second-order valence-electron chi connectivity index (χ2n) is 6.01. The van der Waals surface area contributed by atoms with Crippen molar-refractivity contribution in [3.05, 3.63) is 54.1 Å². The monoisotopic (exact) mass is 407 g/mol. The molecule has 0 saturated carbocycles.